The van der Waals surface area contributed by atoms with Crippen molar-refractivity contribution in [1.29, 1.82) is 0 Å². The monoisotopic (exact) mass is 177 g/mol. The van der Waals surface area contributed by atoms with E-state index >= 15 is 0 Å². The Morgan fingerprint density at radius 3 is 2.85 bits per heavy atom. The maximum absolute atomic E-state index is 5.57. The minimum atomic E-state index is 0.0387. The van der Waals surface area contributed by atoms with Crippen LogP contribution in [-0.2, 0) is 4.74 Å². The Bertz CT molecular complexity index is 310. The van der Waals surface area contributed by atoms with Crippen molar-refractivity contribution >= 4 is 5.84 Å². The van der Waals surface area contributed by atoms with Gasteiger partial charge in [-0.2, -0.15) is 0 Å². The van der Waals surface area contributed by atoms with Crippen LogP contribution in [0.5, 0.6) is 0 Å². The maximum atomic E-state index is 5.57. The molecule has 4 heteroatoms. The smallest absolute Gasteiger partial charge is 0.121 e. The highest BCUT2D eigenvalue weighted by Gasteiger charge is 2.14. The first-order chi connectivity index (χ1) is 6.36. The largest absolute Gasteiger partial charge is 0.386 e. The van der Waals surface area contributed by atoms with E-state index in [0.717, 1.165) is 5.56 Å². The predicted molar refractivity (Wildman–Crippen MR) is 49.4 cm³/mol. The van der Waals surface area contributed by atoms with Gasteiger partial charge in [-0.25, -0.2) is 0 Å². The van der Waals surface area contributed by atoms with Crippen LogP contribution in [0, 0.1) is 0 Å². The fraction of sp³-hybridized carbons (Fsp3) is 0.333. The molecular formula is C9H11N3O. The van der Waals surface area contributed by atoms with E-state index in [4.69, 9.17) is 10.5 Å². The summed E-state index contributed by atoms with van der Waals surface area (Å²) in [6.07, 6.45) is 3.49. The number of nitrogens with two attached hydrogens (primary N) is 1. The number of rotatable bonds is 1. The first-order valence-electron chi connectivity index (χ1n) is 4.16. The van der Waals surface area contributed by atoms with Crippen molar-refractivity contribution in [3.63, 3.8) is 0 Å². The first-order valence-corrected chi connectivity index (χ1v) is 4.16. The van der Waals surface area contributed by atoms with Crippen LogP contribution >= 0.6 is 0 Å². The molecule has 0 fully saturated rings. The van der Waals surface area contributed by atoms with Crippen LogP contribution in [0.4, 0.5) is 0 Å². The number of pyridine rings is 1. The van der Waals surface area contributed by atoms with Gasteiger partial charge in [-0.05, 0) is 17.7 Å². The molecular weight excluding hydrogens is 166 g/mol. The summed E-state index contributed by atoms with van der Waals surface area (Å²) in [5, 5.41) is 0. The standard InChI is InChI=1S/C9H11N3O/c10-9-6-13-5-8(12-9)7-1-3-11-4-2-7/h1-4,8H,5-6H2,(H2,10,12)/t8-/m0/s1. The summed E-state index contributed by atoms with van der Waals surface area (Å²) >= 11 is 0. The van der Waals surface area contributed by atoms with Crippen molar-refractivity contribution < 1.29 is 4.74 Å². The number of aromatic nitrogens is 1. The second kappa shape index (κ2) is 3.53. The van der Waals surface area contributed by atoms with Crippen LogP contribution in [0.1, 0.15) is 11.6 Å². The van der Waals surface area contributed by atoms with Crippen LogP contribution in [0.15, 0.2) is 29.5 Å². The Morgan fingerprint density at radius 1 is 1.38 bits per heavy atom. The lowest BCUT2D eigenvalue weighted by Gasteiger charge is -2.18. The van der Waals surface area contributed by atoms with E-state index in [9.17, 15) is 0 Å². The quantitative estimate of drug-likeness (QED) is 0.679. The minimum Gasteiger partial charge on any atom is -0.386 e. The molecule has 1 aliphatic heterocycles. The number of aliphatic imine (C=N–C) groups is 1. The molecule has 1 aliphatic rings. The summed E-state index contributed by atoms with van der Waals surface area (Å²) < 4.78 is 5.27. The molecule has 2 heterocycles. The van der Waals surface area contributed by atoms with Gasteiger partial charge in [0.15, 0.2) is 0 Å². The van der Waals surface area contributed by atoms with Crippen LogP contribution in [0.25, 0.3) is 0 Å². The fourth-order valence-electron chi connectivity index (χ4n) is 1.31. The van der Waals surface area contributed by atoms with E-state index in [0.29, 0.717) is 19.0 Å². The Labute approximate surface area is 76.5 Å². The lowest BCUT2D eigenvalue weighted by Crippen LogP contribution is -2.27. The summed E-state index contributed by atoms with van der Waals surface area (Å²) in [7, 11) is 0. The number of hydrogen-bond acceptors (Lipinski definition) is 4. The molecule has 0 aliphatic carbocycles. The zero-order chi connectivity index (χ0) is 9.10. The van der Waals surface area contributed by atoms with Gasteiger partial charge >= 0.3 is 0 Å². The highest BCUT2D eigenvalue weighted by Crippen LogP contribution is 2.18. The predicted octanol–water partition coefficient (Wildman–Crippen LogP) is 0.510. The summed E-state index contributed by atoms with van der Waals surface area (Å²) in [5.41, 5.74) is 6.67. The molecule has 2 rings (SSSR count). The van der Waals surface area contributed by atoms with Crippen molar-refractivity contribution in [2.45, 2.75) is 6.04 Å². The van der Waals surface area contributed by atoms with E-state index in [1.54, 1.807) is 12.4 Å². The van der Waals surface area contributed by atoms with Crippen LogP contribution < -0.4 is 5.73 Å². The molecule has 13 heavy (non-hydrogen) atoms. The maximum Gasteiger partial charge on any atom is 0.121 e. The summed E-state index contributed by atoms with van der Waals surface area (Å²) in [4.78, 5) is 8.23. The number of ether oxygens (including phenoxy) is 1. The summed E-state index contributed by atoms with van der Waals surface area (Å²) in [5.74, 6) is 0.563. The Morgan fingerprint density at radius 2 is 2.15 bits per heavy atom. The zero-order valence-corrected chi connectivity index (χ0v) is 7.18. The van der Waals surface area contributed by atoms with E-state index in [1.165, 1.54) is 0 Å². The normalized spacial score (nSPS) is 22.5. The molecule has 0 saturated heterocycles. The van der Waals surface area contributed by atoms with Gasteiger partial charge in [0, 0.05) is 12.4 Å². The topological polar surface area (TPSA) is 60.5 Å². The van der Waals surface area contributed by atoms with Crippen molar-refractivity contribution in [2.24, 2.45) is 10.7 Å². The van der Waals surface area contributed by atoms with E-state index in [-0.39, 0.29) is 6.04 Å². The molecule has 68 valence electrons. The van der Waals surface area contributed by atoms with Gasteiger partial charge in [-0.3, -0.25) is 9.98 Å². The van der Waals surface area contributed by atoms with Crippen LogP contribution in [0.3, 0.4) is 0 Å². The average Bonchev–Trinajstić information content (AvgIpc) is 2.19. The first kappa shape index (κ1) is 8.19. The molecule has 4 nitrogen and oxygen atoms in total. The molecule has 2 N–H and O–H groups in total. The molecule has 0 unspecified atom stereocenters. The third-order valence-corrected chi connectivity index (χ3v) is 1.94. The van der Waals surface area contributed by atoms with Gasteiger partial charge in [0.05, 0.1) is 6.61 Å². The van der Waals surface area contributed by atoms with E-state index in [2.05, 4.69) is 9.98 Å². The fourth-order valence-corrected chi connectivity index (χ4v) is 1.31. The van der Waals surface area contributed by atoms with Gasteiger partial charge in [0.1, 0.15) is 18.5 Å². The van der Waals surface area contributed by atoms with Crippen LogP contribution in [0.2, 0.25) is 0 Å². The molecule has 0 bridgehead atoms. The Balaban J connectivity index is 2.22. The number of nitrogens with zero attached hydrogens (tertiary/aromatic N) is 2. The van der Waals surface area contributed by atoms with Gasteiger partial charge < -0.3 is 10.5 Å². The average molecular weight is 177 g/mol. The minimum absolute atomic E-state index is 0.0387. The van der Waals surface area contributed by atoms with Crippen molar-refractivity contribution in [1.82, 2.24) is 4.98 Å². The highest BCUT2D eigenvalue weighted by atomic mass is 16.5. The molecule has 0 aromatic carbocycles. The molecule has 0 saturated carbocycles. The van der Waals surface area contributed by atoms with E-state index < -0.39 is 0 Å². The van der Waals surface area contributed by atoms with Gasteiger partial charge in [0.2, 0.25) is 0 Å². The highest BCUT2D eigenvalue weighted by molar-refractivity contribution is 5.82. The summed E-state index contributed by atoms with van der Waals surface area (Å²) in [6.45, 7) is 1.05. The van der Waals surface area contributed by atoms with Gasteiger partial charge in [-0.15, -0.1) is 0 Å². The van der Waals surface area contributed by atoms with Crippen molar-refractivity contribution in [2.75, 3.05) is 13.2 Å². The molecule has 0 amide bonds. The van der Waals surface area contributed by atoms with E-state index in [1.807, 2.05) is 12.1 Å². The van der Waals surface area contributed by atoms with Crippen molar-refractivity contribution in [3.8, 4) is 0 Å². The number of amidine groups is 1. The molecule has 1 atom stereocenters. The molecule has 0 spiro atoms. The lowest BCUT2D eigenvalue weighted by atomic mass is 10.1. The van der Waals surface area contributed by atoms with Crippen molar-refractivity contribution in [3.05, 3.63) is 30.1 Å². The lowest BCUT2D eigenvalue weighted by molar-refractivity contribution is 0.143. The Hall–Kier alpha value is -1.42. The zero-order valence-electron chi connectivity index (χ0n) is 7.18. The second-order valence-corrected chi connectivity index (χ2v) is 2.93. The number of hydrogen-bond donors (Lipinski definition) is 1. The van der Waals surface area contributed by atoms with Gasteiger partial charge in [-0.1, -0.05) is 0 Å². The molecule has 1 aromatic heterocycles. The third-order valence-electron chi connectivity index (χ3n) is 1.94. The third kappa shape index (κ3) is 1.84. The molecule has 0 radical (unpaired) electrons. The van der Waals surface area contributed by atoms with Gasteiger partial charge in [0.25, 0.3) is 0 Å². The summed E-state index contributed by atoms with van der Waals surface area (Å²) in [6, 6.07) is 3.89. The Kier molecular flexibility index (Phi) is 2.23. The molecule has 1 aromatic rings. The second-order valence-electron chi connectivity index (χ2n) is 2.93. The van der Waals surface area contributed by atoms with Crippen LogP contribution in [-0.4, -0.2) is 24.0 Å². The SMILES string of the molecule is NC1=N[C@H](c2ccncc2)COC1.